The number of hydrogen-bond acceptors (Lipinski definition) is 4. The van der Waals surface area contributed by atoms with Gasteiger partial charge in [-0.15, -0.1) is 0 Å². The summed E-state index contributed by atoms with van der Waals surface area (Å²) in [5.74, 6) is 5.91. The second-order valence-corrected chi connectivity index (χ2v) is 10.9. The van der Waals surface area contributed by atoms with E-state index in [0.29, 0.717) is 19.4 Å². The van der Waals surface area contributed by atoms with E-state index in [-0.39, 0.29) is 18.5 Å². The molecule has 0 saturated carbocycles. The maximum atomic E-state index is 11.8. The second kappa shape index (κ2) is 31.7. The molecule has 0 aromatic carbocycles. The van der Waals surface area contributed by atoms with E-state index >= 15 is 0 Å². The minimum Gasteiger partial charge on any atom is -0.466 e. The summed E-state index contributed by atoms with van der Waals surface area (Å²) in [5.41, 5.74) is 0. The molecule has 4 nitrogen and oxygen atoms in total. The monoisotopic (exact) mass is 534 g/mol. The Kier molecular flexibility index (Phi) is 30.5. The molecule has 0 heterocycles. The number of esters is 2. The number of unbranched alkanes of at least 4 members (excludes halogenated alkanes) is 21. The molecule has 0 aliphatic heterocycles. The standard InChI is InChI=1S/C34H62O4/c1-3-5-7-9-11-13-14-16-20-24-28-32-38-34(36)30-26-22-18-17-21-25-29-33(35)37-31-27-23-19-15-12-10-8-6-4-2/h3-23,25-27,29-32H2,1-2H3. The van der Waals surface area contributed by atoms with Gasteiger partial charge in [-0.05, 0) is 25.7 Å². The van der Waals surface area contributed by atoms with E-state index in [1.54, 1.807) is 0 Å². The van der Waals surface area contributed by atoms with Gasteiger partial charge in [0.1, 0.15) is 0 Å². The number of carbonyl (C=O) groups is 2. The minimum absolute atomic E-state index is 0.0479. The molecule has 0 aromatic heterocycles. The normalized spacial score (nSPS) is 10.7. The third-order valence-corrected chi connectivity index (χ3v) is 7.11. The molecule has 0 rings (SSSR count). The van der Waals surface area contributed by atoms with Crippen LogP contribution in [0.25, 0.3) is 0 Å². The van der Waals surface area contributed by atoms with Gasteiger partial charge >= 0.3 is 11.9 Å². The highest BCUT2D eigenvalue weighted by Crippen LogP contribution is 2.12. The van der Waals surface area contributed by atoms with E-state index in [0.717, 1.165) is 57.8 Å². The van der Waals surface area contributed by atoms with Crippen LogP contribution in [0.5, 0.6) is 0 Å². The molecule has 0 saturated heterocycles. The number of hydrogen-bond donors (Lipinski definition) is 0. The zero-order chi connectivity index (χ0) is 27.8. The van der Waals surface area contributed by atoms with Crippen molar-refractivity contribution in [1.29, 1.82) is 0 Å². The van der Waals surface area contributed by atoms with Crippen LogP contribution in [0, 0.1) is 11.8 Å². The van der Waals surface area contributed by atoms with Crippen molar-refractivity contribution in [1.82, 2.24) is 0 Å². The van der Waals surface area contributed by atoms with Crippen molar-refractivity contribution in [3.63, 3.8) is 0 Å². The quantitative estimate of drug-likeness (QED) is 0.0569. The van der Waals surface area contributed by atoms with Crippen molar-refractivity contribution in [3.05, 3.63) is 0 Å². The van der Waals surface area contributed by atoms with E-state index in [1.807, 2.05) is 0 Å². The Labute approximate surface area is 236 Å². The third-order valence-electron chi connectivity index (χ3n) is 7.11. The smallest absolute Gasteiger partial charge is 0.306 e. The van der Waals surface area contributed by atoms with Crippen molar-refractivity contribution < 1.29 is 19.1 Å². The lowest BCUT2D eigenvalue weighted by Gasteiger charge is -2.05. The van der Waals surface area contributed by atoms with Gasteiger partial charge in [0.2, 0.25) is 0 Å². The fourth-order valence-corrected chi connectivity index (χ4v) is 4.59. The van der Waals surface area contributed by atoms with Crippen molar-refractivity contribution in [3.8, 4) is 11.8 Å². The average Bonchev–Trinajstić information content (AvgIpc) is 2.91. The Morgan fingerprint density at radius 3 is 1.34 bits per heavy atom. The van der Waals surface area contributed by atoms with Gasteiger partial charge in [-0.3, -0.25) is 9.59 Å². The largest absolute Gasteiger partial charge is 0.466 e. The lowest BCUT2D eigenvalue weighted by atomic mass is 10.1. The first-order chi connectivity index (χ1) is 18.7. The van der Waals surface area contributed by atoms with Crippen molar-refractivity contribution >= 4 is 11.9 Å². The topological polar surface area (TPSA) is 52.6 Å². The summed E-state index contributed by atoms with van der Waals surface area (Å²) in [4.78, 5) is 23.6. The highest BCUT2D eigenvalue weighted by Gasteiger charge is 2.04. The van der Waals surface area contributed by atoms with Gasteiger partial charge in [0.25, 0.3) is 0 Å². The Bertz CT molecular complexity index is 575. The predicted octanol–water partition coefficient (Wildman–Crippen LogP) is 10.3. The summed E-state index contributed by atoms with van der Waals surface area (Å²) < 4.78 is 10.6. The number of rotatable bonds is 28. The van der Waals surface area contributed by atoms with Crippen molar-refractivity contribution in [2.24, 2.45) is 0 Å². The van der Waals surface area contributed by atoms with Crippen LogP contribution in [0.2, 0.25) is 0 Å². The van der Waals surface area contributed by atoms with Crippen LogP contribution >= 0.6 is 0 Å². The van der Waals surface area contributed by atoms with Crippen LogP contribution in [0.15, 0.2) is 0 Å². The SMILES string of the molecule is CCCCCCCCCCC#CCOC(=O)CCCCCCCCC(=O)OCCCCCCCCCCC. The molecule has 222 valence electrons. The fraction of sp³-hybridized carbons (Fsp3) is 0.882. The van der Waals surface area contributed by atoms with E-state index in [1.165, 1.54) is 96.3 Å². The molecule has 0 atom stereocenters. The Hall–Kier alpha value is -1.50. The van der Waals surface area contributed by atoms with Crippen molar-refractivity contribution in [2.45, 2.75) is 181 Å². The van der Waals surface area contributed by atoms with Gasteiger partial charge in [-0.25, -0.2) is 0 Å². The molecular formula is C34H62O4. The summed E-state index contributed by atoms with van der Waals surface area (Å²) >= 11 is 0. The highest BCUT2D eigenvalue weighted by molar-refractivity contribution is 5.69. The van der Waals surface area contributed by atoms with Gasteiger partial charge in [-0.2, -0.15) is 0 Å². The summed E-state index contributed by atoms with van der Waals surface area (Å²) in [5, 5.41) is 0. The van der Waals surface area contributed by atoms with Gasteiger partial charge in [0.05, 0.1) is 6.61 Å². The van der Waals surface area contributed by atoms with Crippen LogP contribution in [0.1, 0.15) is 181 Å². The summed E-state index contributed by atoms with van der Waals surface area (Å²) in [6.07, 6.45) is 29.9. The summed E-state index contributed by atoms with van der Waals surface area (Å²) in [6.45, 7) is 5.31. The highest BCUT2D eigenvalue weighted by atomic mass is 16.5. The predicted molar refractivity (Wildman–Crippen MR) is 161 cm³/mol. The van der Waals surface area contributed by atoms with Gasteiger partial charge in [-0.1, -0.05) is 148 Å². The maximum absolute atomic E-state index is 11.8. The van der Waals surface area contributed by atoms with Crippen LogP contribution < -0.4 is 0 Å². The Morgan fingerprint density at radius 1 is 0.447 bits per heavy atom. The molecule has 0 amide bonds. The third kappa shape index (κ3) is 30.7. The minimum atomic E-state index is -0.138. The lowest BCUT2D eigenvalue weighted by Crippen LogP contribution is -2.05. The van der Waals surface area contributed by atoms with Crippen molar-refractivity contribution in [2.75, 3.05) is 13.2 Å². The molecule has 0 unspecified atom stereocenters. The molecular weight excluding hydrogens is 472 g/mol. The van der Waals surface area contributed by atoms with Crippen LogP contribution in [-0.2, 0) is 19.1 Å². The summed E-state index contributed by atoms with van der Waals surface area (Å²) in [6, 6.07) is 0. The fourth-order valence-electron chi connectivity index (χ4n) is 4.59. The lowest BCUT2D eigenvalue weighted by molar-refractivity contribution is -0.144. The van der Waals surface area contributed by atoms with E-state index in [4.69, 9.17) is 9.47 Å². The molecule has 0 aliphatic carbocycles. The molecule has 0 N–H and O–H groups in total. The van der Waals surface area contributed by atoms with Gasteiger partial charge in [0, 0.05) is 19.3 Å². The average molecular weight is 535 g/mol. The van der Waals surface area contributed by atoms with E-state index in [9.17, 15) is 9.59 Å². The summed E-state index contributed by atoms with van der Waals surface area (Å²) in [7, 11) is 0. The first-order valence-electron chi connectivity index (χ1n) is 16.5. The van der Waals surface area contributed by atoms with Gasteiger partial charge in [0.15, 0.2) is 6.61 Å². The molecule has 0 fully saturated rings. The van der Waals surface area contributed by atoms with Gasteiger partial charge < -0.3 is 9.47 Å². The number of carbonyl (C=O) groups excluding carboxylic acids is 2. The Morgan fingerprint density at radius 2 is 0.842 bits per heavy atom. The molecule has 4 heteroatoms. The molecule has 0 radical (unpaired) electrons. The molecule has 0 aromatic rings. The molecule has 0 spiro atoms. The van der Waals surface area contributed by atoms with Crippen LogP contribution in [0.4, 0.5) is 0 Å². The molecule has 0 aliphatic rings. The Balaban J connectivity index is 3.33. The first-order valence-corrected chi connectivity index (χ1v) is 16.5. The number of ether oxygens (including phenoxy) is 2. The van der Waals surface area contributed by atoms with E-state index < -0.39 is 0 Å². The van der Waals surface area contributed by atoms with Crippen LogP contribution in [-0.4, -0.2) is 25.2 Å². The molecule has 38 heavy (non-hydrogen) atoms. The molecule has 0 bridgehead atoms. The second-order valence-electron chi connectivity index (χ2n) is 10.9. The zero-order valence-electron chi connectivity index (χ0n) is 25.4. The maximum Gasteiger partial charge on any atom is 0.306 e. The van der Waals surface area contributed by atoms with Crippen LogP contribution in [0.3, 0.4) is 0 Å². The first kappa shape index (κ1) is 36.5. The zero-order valence-corrected chi connectivity index (χ0v) is 25.4. The van der Waals surface area contributed by atoms with E-state index in [2.05, 4.69) is 25.7 Å².